The first-order chi connectivity index (χ1) is 5.74. The molecule has 1 rings (SSSR count). The zero-order chi connectivity index (χ0) is 9.56. The number of nitrogens with two attached hydrogens (primary N) is 1. The highest BCUT2D eigenvalue weighted by Gasteiger charge is 2.19. The van der Waals surface area contributed by atoms with Crippen LogP contribution >= 0.6 is 0 Å². The first-order valence-corrected chi connectivity index (χ1v) is 4.92. The zero-order valence-electron chi connectivity index (χ0n) is 8.88. The van der Waals surface area contributed by atoms with E-state index in [1.165, 1.54) is 0 Å². The third-order valence-corrected chi connectivity index (χ3v) is 2.14. The maximum absolute atomic E-state index is 5.86. The molecule has 0 aromatic carbocycles. The van der Waals surface area contributed by atoms with Crippen molar-refractivity contribution in [3.8, 4) is 0 Å². The van der Waals surface area contributed by atoms with E-state index < -0.39 is 0 Å². The van der Waals surface area contributed by atoms with Crippen molar-refractivity contribution in [3.63, 3.8) is 0 Å². The largest absolute Gasteiger partial charge is 0.315 e. The summed E-state index contributed by atoms with van der Waals surface area (Å²) < 4.78 is 0. The highest BCUT2D eigenvalue weighted by molar-refractivity contribution is 4.74. The Morgan fingerprint density at radius 3 is 2.33 bits per heavy atom. The number of nitrogens with zero attached hydrogens (tertiary/aromatic N) is 2. The lowest BCUT2D eigenvalue weighted by Gasteiger charge is -2.37. The van der Waals surface area contributed by atoms with Crippen LogP contribution in [0.1, 0.15) is 20.8 Å². The normalized spacial score (nSPS) is 26.2. The minimum atomic E-state index is 0.253. The highest BCUT2D eigenvalue weighted by atomic mass is 15.3. The molecule has 0 bridgehead atoms. The summed E-state index contributed by atoms with van der Waals surface area (Å²) >= 11 is 0. The van der Waals surface area contributed by atoms with Gasteiger partial charge in [0.05, 0.1) is 6.17 Å². The maximum atomic E-state index is 5.86. The summed E-state index contributed by atoms with van der Waals surface area (Å²) in [6.07, 6.45) is 0.253. The average Bonchev–Trinajstić information content (AvgIpc) is 2.08. The summed E-state index contributed by atoms with van der Waals surface area (Å²) in [6.45, 7) is 10.5. The first-order valence-electron chi connectivity index (χ1n) is 4.92. The summed E-state index contributed by atoms with van der Waals surface area (Å²) in [6, 6.07) is 0. The van der Waals surface area contributed by atoms with E-state index in [0.717, 1.165) is 26.2 Å². The molecule has 1 unspecified atom stereocenters. The lowest BCUT2D eigenvalue weighted by molar-refractivity contribution is 0.0988. The van der Waals surface area contributed by atoms with Crippen LogP contribution in [-0.4, -0.2) is 49.2 Å². The predicted molar refractivity (Wildman–Crippen MR) is 54.1 cm³/mol. The summed E-state index contributed by atoms with van der Waals surface area (Å²) in [5.74, 6) is 0. The molecule has 1 saturated heterocycles. The van der Waals surface area contributed by atoms with Crippen molar-refractivity contribution in [2.24, 2.45) is 5.73 Å². The Morgan fingerprint density at radius 1 is 1.33 bits per heavy atom. The smallest absolute Gasteiger partial charge is 0.0703 e. The van der Waals surface area contributed by atoms with Gasteiger partial charge in [0.2, 0.25) is 0 Å². The molecule has 0 saturated carbocycles. The fourth-order valence-electron chi connectivity index (χ4n) is 1.38. The van der Waals surface area contributed by atoms with Gasteiger partial charge in [-0.2, -0.15) is 0 Å². The molecule has 1 fully saturated rings. The van der Waals surface area contributed by atoms with Crippen molar-refractivity contribution in [1.82, 2.24) is 9.80 Å². The molecule has 0 spiro atoms. The van der Waals surface area contributed by atoms with Gasteiger partial charge in [0.25, 0.3) is 0 Å². The minimum Gasteiger partial charge on any atom is -0.315 e. The monoisotopic (exact) mass is 173 g/mol. The van der Waals surface area contributed by atoms with Crippen molar-refractivity contribution in [2.45, 2.75) is 26.9 Å². The Hall–Kier alpha value is -0.120. The molecule has 0 aliphatic carbocycles. The second-order valence-electron chi connectivity index (χ2n) is 2.96. The molecule has 1 heterocycles. The summed E-state index contributed by atoms with van der Waals surface area (Å²) in [5, 5.41) is 0. The third kappa shape index (κ3) is 3.52. The van der Waals surface area contributed by atoms with Crippen molar-refractivity contribution in [3.05, 3.63) is 0 Å². The number of rotatable bonds is 1. The fourth-order valence-corrected chi connectivity index (χ4v) is 1.38. The van der Waals surface area contributed by atoms with Gasteiger partial charge >= 0.3 is 0 Å². The van der Waals surface area contributed by atoms with E-state index in [2.05, 4.69) is 23.8 Å². The van der Waals surface area contributed by atoms with Crippen LogP contribution < -0.4 is 5.73 Å². The molecule has 1 atom stereocenters. The molecule has 3 heteroatoms. The van der Waals surface area contributed by atoms with Gasteiger partial charge in [-0.15, -0.1) is 0 Å². The summed E-state index contributed by atoms with van der Waals surface area (Å²) in [7, 11) is 2.12. The molecule has 2 N–H and O–H groups in total. The summed E-state index contributed by atoms with van der Waals surface area (Å²) in [5.41, 5.74) is 5.86. The molecule has 0 aromatic rings. The Kier molecular flexibility index (Phi) is 6.34. The van der Waals surface area contributed by atoms with Crippen LogP contribution in [0.5, 0.6) is 0 Å². The van der Waals surface area contributed by atoms with Gasteiger partial charge in [0.15, 0.2) is 0 Å². The highest BCUT2D eigenvalue weighted by Crippen LogP contribution is 2.01. The van der Waals surface area contributed by atoms with E-state index in [9.17, 15) is 0 Å². The molecular weight excluding hydrogens is 150 g/mol. The molecule has 3 nitrogen and oxygen atoms in total. The van der Waals surface area contributed by atoms with E-state index >= 15 is 0 Å². The van der Waals surface area contributed by atoms with E-state index in [-0.39, 0.29) is 6.17 Å². The van der Waals surface area contributed by atoms with Gasteiger partial charge < -0.3 is 10.6 Å². The Balaban J connectivity index is 0.000000561. The minimum absolute atomic E-state index is 0.253. The Labute approximate surface area is 76.5 Å². The van der Waals surface area contributed by atoms with Crippen LogP contribution in [-0.2, 0) is 0 Å². The van der Waals surface area contributed by atoms with E-state index in [4.69, 9.17) is 5.73 Å². The average molecular weight is 173 g/mol. The maximum Gasteiger partial charge on any atom is 0.0703 e. The lowest BCUT2D eigenvalue weighted by atomic mass is 10.3. The standard InChI is InChI=1S/C7H17N3.C2H6/c1-3-10-5-4-9(2)6-7(10)8;1-2/h7H,3-6,8H2,1-2H3;1-2H3. The van der Waals surface area contributed by atoms with Crippen LogP contribution in [0.3, 0.4) is 0 Å². The third-order valence-electron chi connectivity index (χ3n) is 2.14. The predicted octanol–water partition coefficient (Wildman–Crippen LogP) is 0.565. The van der Waals surface area contributed by atoms with Crippen molar-refractivity contribution < 1.29 is 0 Å². The molecule has 0 radical (unpaired) electrons. The molecule has 12 heavy (non-hydrogen) atoms. The SMILES string of the molecule is CC.CCN1CCN(C)CC1N. The van der Waals surface area contributed by atoms with Crippen molar-refractivity contribution >= 4 is 0 Å². The second kappa shape index (κ2) is 6.40. The van der Waals surface area contributed by atoms with Crippen LogP contribution in [0.4, 0.5) is 0 Å². The van der Waals surface area contributed by atoms with Gasteiger partial charge in [-0.3, -0.25) is 4.90 Å². The van der Waals surface area contributed by atoms with E-state index in [1.54, 1.807) is 0 Å². The molecule has 0 aromatic heterocycles. The van der Waals surface area contributed by atoms with Gasteiger partial charge in [0.1, 0.15) is 0 Å². The van der Waals surface area contributed by atoms with Crippen molar-refractivity contribution in [2.75, 3.05) is 33.2 Å². The second-order valence-corrected chi connectivity index (χ2v) is 2.96. The molecule has 74 valence electrons. The van der Waals surface area contributed by atoms with Crippen LogP contribution in [0, 0.1) is 0 Å². The van der Waals surface area contributed by atoms with Gasteiger partial charge in [-0.25, -0.2) is 0 Å². The number of hydrogen-bond acceptors (Lipinski definition) is 3. The topological polar surface area (TPSA) is 32.5 Å². The van der Waals surface area contributed by atoms with Crippen molar-refractivity contribution in [1.29, 1.82) is 0 Å². The molecule has 1 aliphatic rings. The Morgan fingerprint density at radius 2 is 1.92 bits per heavy atom. The zero-order valence-corrected chi connectivity index (χ0v) is 8.88. The quantitative estimate of drug-likeness (QED) is 0.629. The molecule has 0 amide bonds. The molecule has 1 aliphatic heterocycles. The van der Waals surface area contributed by atoms with Gasteiger partial charge in [-0.05, 0) is 13.6 Å². The van der Waals surface area contributed by atoms with Crippen LogP contribution in [0.25, 0.3) is 0 Å². The van der Waals surface area contributed by atoms with Gasteiger partial charge in [0, 0.05) is 19.6 Å². The summed E-state index contributed by atoms with van der Waals surface area (Å²) in [4.78, 5) is 4.58. The van der Waals surface area contributed by atoms with Crippen LogP contribution in [0.2, 0.25) is 0 Å². The first kappa shape index (κ1) is 11.9. The van der Waals surface area contributed by atoms with E-state index in [0.29, 0.717) is 0 Å². The Bertz CT molecular complexity index is 106. The van der Waals surface area contributed by atoms with Crippen LogP contribution in [0.15, 0.2) is 0 Å². The number of hydrogen-bond donors (Lipinski definition) is 1. The fraction of sp³-hybridized carbons (Fsp3) is 1.00. The number of likely N-dealkylation sites (N-methyl/N-ethyl adjacent to an activating group) is 2. The molecular formula is C9H23N3. The van der Waals surface area contributed by atoms with Gasteiger partial charge in [-0.1, -0.05) is 20.8 Å². The number of piperazine rings is 1. The lowest BCUT2D eigenvalue weighted by Crippen LogP contribution is -2.55. The van der Waals surface area contributed by atoms with E-state index in [1.807, 2.05) is 13.8 Å².